The van der Waals surface area contributed by atoms with Crippen LogP contribution in [0.3, 0.4) is 0 Å². The number of nitrogens with zero attached hydrogens (tertiary/aromatic N) is 3. The highest BCUT2D eigenvalue weighted by Crippen LogP contribution is 2.12. The fourth-order valence-electron chi connectivity index (χ4n) is 1.55. The van der Waals surface area contributed by atoms with Crippen LogP contribution < -0.4 is 10.1 Å². The van der Waals surface area contributed by atoms with Crippen molar-refractivity contribution in [3.05, 3.63) is 12.4 Å². The molecule has 0 spiro atoms. The molecule has 5 heteroatoms. The van der Waals surface area contributed by atoms with Crippen molar-refractivity contribution in [3.8, 4) is 5.88 Å². The summed E-state index contributed by atoms with van der Waals surface area (Å²) in [7, 11) is 4.10. The van der Waals surface area contributed by atoms with Crippen LogP contribution in [0.1, 0.15) is 20.3 Å². The lowest BCUT2D eigenvalue weighted by molar-refractivity contribution is 0.305. The van der Waals surface area contributed by atoms with Crippen LogP contribution in [0.4, 0.5) is 5.82 Å². The van der Waals surface area contributed by atoms with Gasteiger partial charge in [0.1, 0.15) is 12.1 Å². The Bertz CT molecular complexity index is 330. The molecule has 0 bridgehead atoms. The number of aromatic nitrogens is 2. The largest absolute Gasteiger partial charge is 0.478 e. The molecule has 0 saturated carbocycles. The van der Waals surface area contributed by atoms with Gasteiger partial charge in [-0.15, -0.1) is 0 Å². The number of hydrogen-bond acceptors (Lipinski definition) is 5. The second-order valence-corrected chi connectivity index (χ2v) is 4.40. The lowest BCUT2D eigenvalue weighted by Gasteiger charge is -2.18. The number of hydrogen-bond donors (Lipinski definition) is 1. The fourth-order valence-corrected chi connectivity index (χ4v) is 1.55. The molecule has 0 radical (unpaired) electrons. The van der Waals surface area contributed by atoms with E-state index in [4.69, 9.17) is 4.74 Å². The Morgan fingerprint density at radius 2 is 2.18 bits per heavy atom. The monoisotopic (exact) mass is 238 g/mol. The summed E-state index contributed by atoms with van der Waals surface area (Å²) in [5, 5.41) is 3.32. The number of likely N-dealkylation sites (N-methyl/N-ethyl adjacent to an activating group) is 1. The van der Waals surface area contributed by atoms with Crippen LogP contribution >= 0.6 is 0 Å². The Morgan fingerprint density at radius 3 is 2.82 bits per heavy atom. The Labute approximate surface area is 103 Å². The lowest BCUT2D eigenvalue weighted by atomic mass is 10.3. The first-order valence-corrected chi connectivity index (χ1v) is 5.98. The summed E-state index contributed by atoms with van der Waals surface area (Å²) in [4.78, 5) is 10.4. The molecule has 1 aromatic heterocycles. The first kappa shape index (κ1) is 13.7. The van der Waals surface area contributed by atoms with Gasteiger partial charge in [0.2, 0.25) is 5.88 Å². The summed E-state index contributed by atoms with van der Waals surface area (Å²) >= 11 is 0. The van der Waals surface area contributed by atoms with Gasteiger partial charge >= 0.3 is 0 Å². The van der Waals surface area contributed by atoms with Crippen LogP contribution in [0.5, 0.6) is 5.88 Å². The van der Waals surface area contributed by atoms with E-state index in [0.717, 1.165) is 18.8 Å². The molecular formula is C12H22N4O. The van der Waals surface area contributed by atoms with E-state index in [-0.39, 0.29) is 0 Å². The number of rotatable bonds is 7. The number of nitrogens with one attached hydrogen (secondary N) is 1. The van der Waals surface area contributed by atoms with Crippen LogP contribution in [0.2, 0.25) is 0 Å². The van der Waals surface area contributed by atoms with E-state index in [1.165, 1.54) is 6.33 Å². The molecule has 0 aliphatic carbocycles. The molecule has 17 heavy (non-hydrogen) atoms. The maximum Gasteiger partial charge on any atom is 0.218 e. The first-order valence-electron chi connectivity index (χ1n) is 5.98. The molecule has 1 unspecified atom stereocenters. The van der Waals surface area contributed by atoms with Crippen molar-refractivity contribution in [3.63, 3.8) is 0 Å². The van der Waals surface area contributed by atoms with Crippen LogP contribution in [0.15, 0.2) is 12.4 Å². The zero-order valence-corrected chi connectivity index (χ0v) is 11.1. The SMILES string of the molecule is CCCOc1cc(NC(C)CN(C)C)ncn1. The molecule has 0 fully saturated rings. The Kier molecular flexibility index (Phi) is 5.69. The van der Waals surface area contributed by atoms with Crippen molar-refractivity contribution in [2.75, 3.05) is 32.6 Å². The maximum atomic E-state index is 5.46. The molecule has 1 atom stereocenters. The predicted octanol–water partition coefficient (Wildman–Crippen LogP) is 1.63. The summed E-state index contributed by atoms with van der Waals surface area (Å²) in [5.41, 5.74) is 0. The molecule has 5 nitrogen and oxygen atoms in total. The smallest absolute Gasteiger partial charge is 0.218 e. The van der Waals surface area contributed by atoms with Gasteiger partial charge in [0.25, 0.3) is 0 Å². The minimum atomic E-state index is 0.332. The average Bonchev–Trinajstić information content (AvgIpc) is 2.25. The van der Waals surface area contributed by atoms with Crippen molar-refractivity contribution in [1.29, 1.82) is 0 Å². The second-order valence-electron chi connectivity index (χ2n) is 4.40. The van der Waals surface area contributed by atoms with E-state index in [1.54, 1.807) is 0 Å². The summed E-state index contributed by atoms with van der Waals surface area (Å²) < 4.78 is 5.46. The summed E-state index contributed by atoms with van der Waals surface area (Å²) in [5.74, 6) is 1.43. The molecular weight excluding hydrogens is 216 g/mol. The standard InChI is InChI=1S/C12H22N4O/c1-5-6-17-12-7-11(13-9-14-12)15-10(2)8-16(3)4/h7,9-10H,5-6,8H2,1-4H3,(H,13,14,15). The van der Waals surface area contributed by atoms with Gasteiger partial charge in [0.05, 0.1) is 6.61 Å². The van der Waals surface area contributed by atoms with Gasteiger partial charge in [-0.3, -0.25) is 0 Å². The van der Waals surface area contributed by atoms with Gasteiger partial charge < -0.3 is 15.0 Å². The Morgan fingerprint density at radius 1 is 1.41 bits per heavy atom. The second kappa shape index (κ2) is 7.06. The van der Waals surface area contributed by atoms with Gasteiger partial charge in [0.15, 0.2) is 0 Å². The van der Waals surface area contributed by atoms with Crippen molar-refractivity contribution in [2.45, 2.75) is 26.3 Å². The molecule has 0 aliphatic heterocycles. The molecule has 0 aliphatic rings. The number of ether oxygens (including phenoxy) is 1. The van der Waals surface area contributed by atoms with E-state index < -0.39 is 0 Å². The van der Waals surface area contributed by atoms with Crippen LogP contribution in [-0.4, -0.2) is 48.2 Å². The number of anilines is 1. The third kappa shape index (κ3) is 5.49. The summed E-state index contributed by atoms with van der Waals surface area (Å²) in [6, 6.07) is 2.17. The fraction of sp³-hybridized carbons (Fsp3) is 0.667. The normalized spacial score (nSPS) is 12.5. The minimum Gasteiger partial charge on any atom is -0.478 e. The molecule has 96 valence electrons. The van der Waals surface area contributed by atoms with Crippen molar-refractivity contribution >= 4 is 5.82 Å². The molecule has 1 rings (SSSR count). The van der Waals surface area contributed by atoms with E-state index in [9.17, 15) is 0 Å². The zero-order chi connectivity index (χ0) is 12.7. The van der Waals surface area contributed by atoms with Gasteiger partial charge in [-0.25, -0.2) is 9.97 Å². The third-order valence-electron chi connectivity index (χ3n) is 2.13. The van der Waals surface area contributed by atoms with Crippen molar-refractivity contribution in [2.24, 2.45) is 0 Å². The van der Waals surface area contributed by atoms with Gasteiger partial charge in [-0.2, -0.15) is 0 Å². The van der Waals surface area contributed by atoms with Crippen LogP contribution in [0.25, 0.3) is 0 Å². The molecule has 1 N–H and O–H groups in total. The Balaban J connectivity index is 2.52. The predicted molar refractivity (Wildman–Crippen MR) is 69.5 cm³/mol. The highest BCUT2D eigenvalue weighted by Gasteiger charge is 2.05. The van der Waals surface area contributed by atoms with E-state index >= 15 is 0 Å². The van der Waals surface area contributed by atoms with E-state index in [1.807, 2.05) is 20.2 Å². The molecule has 0 saturated heterocycles. The summed E-state index contributed by atoms with van der Waals surface area (Å²) in [6.45, 7) is 5.83. The topological polar surface area (TPSA) is 50.3 Å². The van der Waals surface area contributed by atoms with E-state index in [0.29, 0.717) is 18.5 Å². The minimum absolute atomic E-state index is 0.332. The molecule has 1 heterocycles. The Hall–Kier alpha value is -1.36. The van der Waals surface area contributed by atoms with Crippen molar-refractivity contribution < 1.29 is 4.74 Å². The molecule has 1 aromatic rings. The van der Waals surface area contributed by atoms with Crippen LogP contribution in [0, 0.1) is 0 Å². The van der Waals surface area contributed by atoms with E-state index in [2.05, 4.69) is 34.0 Å². The highest BCUT2D eigenvalue weighted by atomic mass is 16.5. The molecule has 0 amide bonds. The average molecular weight is 238 g/mol. The third-order valence-corrected chi connectivity index (χ3v) is 2.13. The highest BCUT2D eigenvalue weighted by molar-refractivity contribution is 5.37. The van der Waals surface area contributed by atoms with Crippen LogP contribution in [-0.2, 0) is 0 Å². The maximum absolute atomic E-state index is 5.46. The van der Waals surface area contributed by atoms with Crippen molar-refractivity contribution in [1.82, 2.24) is 14.9 Å². The zero-order valence-electron chi connectivity index (χ0n) is 11.1. The quantitative estimate of drug-likeness (QED) is 0.782. The first-order chi connectivity index (χ1) is 8.11. The lowest BCUT2D eigenvalue weighted by Crippen LogP contribution is -2.29. The molecule has 0 aromatic carbocycles. The van der Waals surface area contributed by atoms with Gasteiger partial charge in [-0.1, -0.05) is 6.92 Å². The van der Waals surface area contributed by atoms with Gasteiger partial charge in [0, 0.05) is 18.7 Å². The van der Waals surface area contributed by atoms with Gasteiger partial charge in [-0.05, 0) is 27.4 Å². The summed E-state index contributed by atoms with van der Waals surface area (Å²) in [6.07, 6.45) is 2.50.